The topological polar surface area (TPSA) is 88.5 Å². The molecule has 2 N–H and O–H groups in total. The molecule has 7 nitrogen and oxygen atoms in total. The Morgan fingerprint density at radius 1 is 1.21 bits per heavy atom. The summed E-state index contributed by atoms with van der Waals surface area (Å²) in [4.78, 5) is 28.7. The Balaban J connectivity index is 1.66. The zero-order chi connectivity index (χ0) is 19.8. The maximum Gasteiger partial charge on any atom is 0.253 e. The normalized spacial score (nSPS) is 12.8. The van der Waals surface area contributed by atoms with Crippen molar-refractivity contribution in [3.05, 3.63) is 57.7 Å². The van der Waals surface area contributed by atoms with E-state index >= 15 is 0 Å². The minimum atomic E-state index is -0.286. The Labute approximate surface area is 166 Å². The monoisotopic (exact) mass is 396 g/mol. The van der Waals surface area contributed by atoms with Crippen molar-refractivity contribution in [1.29, 1.82) is 0 Å². The minimum Gasteiger partial charge on any atom is -0.347 e. The highest BCUT2D eigenvalue weighted by molar-refractivity contribution is 6.31. The number of rotatable bonds is 5. The molecule has 0 saturated carbocycles. The van der Waals surface area contributed by atoms with Gasteiger partial charge in [0.05, 0.1) is 18.6 Å². The third kappa shape index (κ3) is 3.57. The quantitative estimate of drug-likeness (QED) is 0.529. The van der Waals surface area contributed by atoms with Gasteiger partial charge in [-0.25, -0.2) is 9.97 Å². The van der Waals surface area contributed by atoms with Gasteiger partial charge in [-0.05, 0) is 37.1 Å². The summed E-state index contributed by atoms with van der Waals surface area (Å²) in [5, 5.41) is 4.72. The third-order valence-electron chi connectivity index (χ3n) is 4.57. The molecule has 0 radical (unpaired) electrons. The van der Waals surface area contributed by atoms with E-state index in [1.54, 1.807) is 24.7 Å². The van der Waals surface area contributed by atoms with Crippen LogP contribution < -0.4 is 10.9 Å². The highest BCUT2D eigenvalue weighted by Crippen LogP contribution is 2.21. The molecule has 0 aliphatic carbocycles. The van der Waals surface area contributed by atoms with E-state index in [0.717, 1.165) is 28.6 Å². The molecule has 4 aromatic rings. The number of H-pyrrole nitrogens is 1. The number of fused-ring (bicyclic) bond motifs is 2. The van der Waals surface area contributed by atoms with Gasteiger partial charge in [0.1, 0.15) is 5.52 Å². The second kappa shape index (κ2) is 7.24. The van der Waals surface area contributed by atoms with E-state index in [4.69, 9.17) is 11.6 Å². The lowest BCUT2D eigenvalue weighted by molar-refractivity contribution is 0.530. The van der Waals surface area contributed by atoms with Crippen LogP contribution in [-0.4, -0.2) is 24.5 Å². The van der Waals surface area contributed by atoms with E-state index in [0.29, 0.717) is 22.5 Å². The highest BCUT2D eigenvalue weighted by Gasteiger charge is 2.14. The van der Waals surface area contributed by atoms with Crippen LogP contribution in [0, 0.1) is 5.92 Å². The van der Waals surface area contributed by atoms with Gasteiger partial charge < -0.3 is 14.9 Å². The predicted molar refractivity (Wildman–Crippen MR) is 112 cm³/mol. The van der Waals surface area contributed by atoms with Crippen LogP contribution in [0.3, 0.4) is 0 Å². The zero-order valence-corrected chi connectivity index (χ0v) is 16.7. The fourth-order valence-corrected chi connectivity index (χ4v) is 3.42. The summed E-state index contributed by atoms with van der Waals surface area (Å²) in [5.74, 6) is 0.932. The van der Waals surface area contributed by atoms with Crippen molar-refractivity contribution in [2.45, 2.75) is 33.4 Å². The number of aromatic amines is 1. The van der Waals surface area contributed by atoms with E-state index in [2.05, 4.69) is 39.1 Å². The maximum atomic E-state index is 12.5. The molecule has 0 amide bonds. The first kappa shape index (κ1) is 18.4. The molecular formula is C20H21ClN6O. The molecule has 28 heavy (non-hydrogen) atoms. The van der Waals surface area contributed by atoms with Crippen molar-refractivity contribution in [3.8, 4) is 0 Å². The summed E-state index contributed by atoms with van der Waals surface area (Å²) in [6, 6.07) is 6.94. The van der Waals surface area contributed by atoms with Gasteiger partial charge in [0, 0.05) is 28.0 Å². The number of halogens is 1. The van der Waals surface area contributed by atoms with Gasteiger partial charge in [-0.3, -0.25) is 4.79 Å². The van der Waals surface area contributed by atoms with Gasteiger partial charge in [0.15, 0.2) is 5.65 Å². The number of imidazole rings is 1. The van der Waals surface area contributed by atoms with Crippen molar-refractivity contribution in [3.63, 3.8) is 0 Å². The lowest BCUT2D eigenvalue weighted by Crippen LogP contribution is -2.20. The molecule has 0 aliphatic heterocycles. The summed E-state index contributed by atoms with van der Waals surface area (Å²) >= 11 is 6.08. The smallest absolute Gasteiger partial charge is 0.253 e. The molecule has 0 saturated heterocycles. The van der Waals surface area contributed by atoms with Gasteiger partial charge in [0.25, 0.3) is 5.56 Å². The van der Waals surface area contributed by atoms with E-state index < -0.39 is 0 Å². The van der Waals surface area contributed by atoms with Crippen LogP contribution in [0.1, 0.15) is 32.4 Å². The summed E-state index contributed by atoms with van der Waals surface area (Å²) in [6.45, 7) is 7.02. The van der Waals surface area contributed by atoms with E-state index in [9.17, 15) is 4.79 Å². The lowest BCUT2D eigenvalue weighted by atomic mass is 10.1. The van der Waals surface area contributed by atoms with Crippen LogP contribution in [0.15, 0.2) is 41.6 Å². The van der Waals surface area contributed by atoms with E-state index in [-0.39, 0.29) is 11.6 Å². The zero-order valence-electron chi connectivity index (χ0n) is 15.9. The Morgan fingerprint density at radius 3 is 2.82 bits per heavy atom. The van der Waals surface area contributed by atoms with Crippen molar-refractivity contribution < 1.29 is 0 Å². The Kier molecular flexibility index (Phi) is 4.77. The van der Waals surface area contributed by atoms with Gasteiger partial charge in [-0.15, -0.1) is 0 Å². The van der Waals surface area contributed by atoms with Gasteiger partial charge in [-0.1, -0.05) is 25.4 Å². The van der Waals surface area contributed by atoms with Crippen LogP contribution in [0.25, 0.3) is 22.1 Å². The Bertz CT molecular complexity index is 1210. The van der Waals surface area contributed by atoms with Crippen LogP contribution in [0.2, 0.25) is 5.02 Å². The molecule has 4 rings (SSSR count). The second-order valence-electron chi connectivity index (χ2n) is 7.34. The van der Waals surface area contributed by atoms with Crippen molar-refractivity contribution >= 4 is 39.6 Å². The maximum absolute atomic E-state index is 12.5. The largest absolute Gasteiger partial charge is 0.347 e. The Morgan fingerprint density at radius 2 is 2.04 bits per heavy atom. The Hall–Kier alpha value is -2.93. The molecule has 144 valence electrons. The van der Waals surface area contributed by atoms with Crippen LogP contribution in [-0.2, 0) is 6.54 Å². The molecule has 0 unspecified atom stereocenters. The SMILES string of the molecule is CC(C)Cn1cnc2cnc(N[C@@H](C)c3cc4cc(Cl)ccc4[nH]c3=O)nc21. The third-order valence-corrected chi connectivity index (χ3v) is 4.80. The molecule has 3 aromatic heterocycles. The van der Waals surface area contributed by atoms with Gasteiger partial charge in [0.2, 0.25) is 5.95 Å². The minimum absolute atomic E-state index is 0.152. The first-order valence-corrected chi connectivity index (χ1v) is 9.55. The van der Waals surface area contributed by atoms with Gasteiger partial charge >= 0.3 is 0 Å². The molecule has 1 atom stereocenters. The standard InChI is InChI=1S/C20H21ClN6O/c1-11(2)9-27-10-23-17-8-22-20(26-18(17)27)24-12(3)15-7-13-6-14(21)4-5-16(13)25-19(15)28/h4-8,10-12H,9H2,1-3H3,(H,25,28)(H,22,24,26)/t12-/m0/s1. The van der Waals surface area contributed by atoms with Crippen molar-refractivity contribution in [2.24, 2.45) is 5.92 Å². The molecule has 1 aromatic carbocycles. The van der Waals surface area contributed by atoms with E-state index in [1.165, 1.54) is 0 Å². The average Bonchev–Trinajstić information content (AvgIpc) is 3.03. The fourth-order valence-electron chi connectivity index (χ4n) is 3.24. The summed E-state index contributed by atoms with van der Waals surface area (Å²) in [5.41, 5.74) is 2.71. The number of nitrogens with zero attached hydrogens (tertiary/aromatic N) is 4. The first-order valence-electron chi connectivity index (χ1n) is 9.17. The molecule has 0 spiro atoms. The number of hydrogen-bond acceptors (Lipinski definition) is 5. The summed E-state index contributed by atoms with van der Waals surface area (Å²) in [7, 11) is 0. The molecule has 3 heterocycles. The van der Waals surface area contributed by atoms with Crippen molar-refractivity contribution in [2.75, 3.05) is 5.32 Å². The average molecular weight is 397 g/mol. The molecule has 0 aliphatic rings. The van der Waals surface area contributed by atoms with Crippen LogP contribution in [0.5, 0.6) is 0 Å². The summed E-state index contributed by atoms with van der Waals surface area (Å²) in [6.07, 6.45) is 3.48. The number of anilines is 1. The fraction of sp³-hybridized carbons (Fsp3) is 0.300. The van der Waals surface area contributed by atoms with Gasteiger partial charge in [-0.2, -0.15) is 4.98 Å². The van der Waals surface area contributed by atoms with E-state index in [1.807, 2.05) is 23.6 Å². The number of pyridine rings is 1. The molecule has 8 heteroatoms. The first-order chi connectivity index (χ1) is 13.4. The second-order valence-corrected chi connectivity index (χ2v) is 7.78. The lowest BCUT2D eigenvalue weighted by Gasteiger charge is -2.14. The van der Waals surface area contributed by atoms with Crippen molar-refractivity contribution in [1.82, 2.24) is 24.5 Å². The molecule has 0 fully saturated rings. The number of hydrogen-bond donors (Lipinski definition) is 2. The van der Waals surface area contributed by atoms with Crippen LogP contribution in [0.4, 0.5) is 5.95 Å². The number of aromatic nitrogens is 5. The van der Waals surface area contributed by atoms with Crippen LogP contribution >= 0.6 is 11.6 Å². The molecule has 0 bridgehead atoms. The highest BCUT2D eigenvalue weighted by atomic mass is 35.5. The predicted octanol–water partition coefficient (Wildman–Crippen LogP) is 4.15. The molecular weight excluding hydrogens is 376 g/mol. The number of nitrogens with one attached hydrogen (secondary N) is 2. The summed E-state index contributed by atoms with van der Waals surface area (Å²) < 4.78 is 2.02. The number of benzene rings is 1.